The first-order valence-electron chi connectivity index (χ1n) is 7.34. The second kappa shape index (κ2) is 6.10. The lowest BCUT2D eigenvalue weighted by atomic mass is 9.90. The molecule has 0 spiro atoms. The second-order valence-corrected chi connectivity index (χ2v) is 5.55. The Morgan fingerprint density at radius 2 is 1.90 bits per heavy atom. The van der Waals surface area contributed by atoms with Crippen molar-refractivity contribution in [1.82, 2.24) is 0 Å². The van der Waals surface area contributed by atoms with E-state index in [1.165, 1.54) is 16.7 Å². The van der Waals surface area contributed by atoms with Gasteiger partial charge in [-0.2, -0.15) is 0 Å². The van der Waals surface area contributed by atoms with Crippen LogP contribution in [0, 0.1) is 5.92 Å². The number of ether oxygens (including phenoxy) is 1. The van der Waals surface area contributed by atoms with Gasteiger partial charge in [-0.1, -0.05) is 42.5 Å². The van der Waals surface area contributed by atoms with Crippen molar-refractivity contribution in [2.75, 3.05) is 13.2 Å². The van der Waals surface area contributed by atoms with Crippen molar-refractivity contribution in [3.8, 4) is 5.75 Å². The predicted octanol–water partition coefficient (Wildman–Crippen LogP) is 2.98. The van der Waals surface area contributed by atoms with Crippen LogP contribution in [0.2, 0.25) is 0 Å². The summed E-state index contributed by atoms with van der Waals surface area (Å²) in [5, 5.41) is 0. The third-order valence-corrected chi connectivity index (χ3v) is 3.90. The van der Waals surface area contributed by atoms with Crippen LogP contribution in [0.5, 0.6) is 5.75 Å². The number of para-hydroxylation sites is 1. The van der Waals surface area contributed by atoms with E-state index in [0.717, 1.165) is 31.6 Å². The molecular formula is C18H21NO. The van der Waals surface area contributed by atoms with Crippen LogP contribution in [0.4, 0.5) is 0 Å². The molecule has 2 nitrogen and oxygen atoms in total. The zero-order valence-corrected chi connectivity index (χ0v) is 11.7. The number of rotatable bonds is 4. The summed E-state index contributed by atoms with van der Waals surface area (Å²) in [5.74, 6) is 1.62. The summed E-state index contributed by atoms with van der Waals surface area (Å²) in [6.45, 7) is 1.53. The molecule has 2 aromatic rings. The number of fused-ring (bicyclic) bond motifs is 1. The van der Waals surface area contributed by atoms with Crippen LogP contribution >= 0.6 is 0 Å². The first kappa shape index (κ1) is 13.2. The first-order valence-corrected chi connectivity index (χ1v) is 7.34. The molecular weight excluding hydrogens is 246 g/mol. The van der Waals surface area contributed by atoms with E-state index in [9.17, 15) is 0 Å². The van der Waals surface area contributed by atoms with Gasteiger partial charge in [0.2, 0.25) is 0 Å². The molecule has 104 valence electrons. The van der Waals surface area contributed by atoms with Crippen molar-refractivity contribution >= 4 is 0 Å². The van der Waals surface area contributed by atoms with Crippen LogP contribution in [-0.2, 0) is 19.3 Å². The minimum Gasteiger partial charge on any atom is -0.493 e. The molecule has 0 aromatic heterocycles. The Bertz CT molecular complexity index is 579. The fraction of sp³-hybridized carbons (Fsp3) is 0.333. The van der Waals surface area contributed by atoms with Gasteiger partial charge in [-0.3, -0.25) is 0 Å². The van der Waals surface area contributed by atoms with Crippen LogP contribution in [0.1, 0.15) is 16.7 Å². The number of nitrogens with two attached hydrogens (primary N) is 1. The molecule has 0 saturated heterocycles. The Labute approximate surface area is 120 Å². The minimum absolute atomic E-state index is 0.568. The van der Waals surface area contributed by atoms with Gasteiger partial charge in [0, 0.05) is 5.92 Å². The largest absolute Gasteiger partial charge is 0.493 e. The van der Waals surface area contributed by atoms with E-state index in [4.69, 9.17) is 10.5 Å². The average Bonchev–Trinajstić information content (AvgIpc) is 2.48. The zero-order chi connectivity index (χ0) is 13.8. The Balaban J connectivity index is 1.69. The topological polar surface area (TPSA) is 35.2 Å². The molecule has 1 aliphatic rings. The normalized spacial score (nSPS) is 17.4. The van der Waals surface area contributed by atoms with E-state index in [1.807, 2.05) is 6.07 Å². The maximum atomic E-state index is 5.87. The SMILES string of the molecule is NCCc1cccc(C[C@@H]2COc3ccccc3C2)c1. The summed E-state index contributed by atoms with van der Waals surface area (Å²) in [7, 11) is 0. The van der Waals surface area contributed by atoms with Gasteiger partial charge in [-0.15, -0.1) is 0 Å². The summed E-state index contributed by atoms with van der Waals surface area (Å²) < 4.78 is 5.87. The fourth-order valence-corrected chi connectivity index (χ4v) is 2.93. The molecule has 1 atom stereocenters. The van der Waals surface area contributed by atoms with E-state index in [1.54, 1.807) is 0 Å². The molecule has 3 rings (SSSR count). The highest BCUT2D eigenvalue weighted by atomic mass is 16.5. The molecule has 20 heavy (non-hydrogen) atoms. The van der Waals surface area contributed by atoms with Crippen LogP contribution in [-0.4, -0.2) is 13.2 Å². The summed E-state index contributed by atoms with van der Waals surface area (Å²) >= 11 is 0. The molecule has 2 N–H and O–H groups in total. The van der Waals surface area contributed by atoms with Gasteiger partial charge in [0.25, 0.3) is 0 Å². The summed E-state index contributed by atoms with van der Waals surface area (Å²) in [5.41, 5.74) is 9.69. The van der Waals surface area contributed by atoms with Crippen molar-refractivity contribution in [3.05, 3.63) is 65.2 Å². The molecule has 0 fully saturated rings. The van der Waals surface area contributed by atoms with E-state index in [0.29, 0.717) is 12.5 Å². The molecule has 0 unspecified atom stereocenters. The Morgan fingerprint density at radius 1 is 1.05 bits per heavy atom. The molecule has 2 heteroatoms. The third-order valence-electron chi connectivity index (χ3n) is 3.90. The van der Waals surface area contributed by atoms with Gasteiger partial charge in [-0.05, 0) is 48.6 Å². The monoisotopic (exact) mass is 267 g/mol. The van der Waals surface area contributed by atoms with Crippen molar-refractivity contribution in [2.45, 2.75) is 19.3 Å². The lowest BCUT2D eigenvalue weighted by Gasteiger charge is -2.25. The molecule has 1 aliphatic heterocycles. The number of hydrogen-bond donors (Lipinski definition) is 1. The lowest BCUT2D eigenvalue weighted by molar-refractivity contribution is 0.221. The molecule has 0 bridgehead atoms. The van der Waals surface area contributed by atoms with Crippen molar-refractivity contribution in [3.63, 3.8) is 0 Å². The molecule has 0 saturated carbocycles. The van der Waals surface area contributed by atoms with Crippen LogP contribution in [0.3, 0.4) is 0 Å². The Kier molecular flexibility index (Phi) is 4.03. The van der Waals surface area contributed by atoms with Crippen LogP contribution in [0.25, 0.3) is 0 Å². The Morgan fingerprint density at radius 3 is 2.80 bits per heavy atom. The maximum absolute atomic E-state index is 5.87. The first-order chi connectivity index (χ1) is 9.85. The van der Waals surface area contributed by atoms with Gasteiger partial charge in [0.05, 0.1) is 6.61 Å². The van der Waals surface area contributed by atoms with Crippen molar-refractivity contribution in [2.24, 2.45) is 11.7 Å². The minimum atomic E-state index is 0.568. The van der Waals surface area contributed by atoms with Gasteiger partial charge in [0.15, 0.2) is 0 Å². The maximum Gasteiger partial charge on any atom is 0.122 e. The number of benzene rings is 2. The summed E-state index contributed by atoms with van der Waals surface area (Å²) in [6.07, 6.45) is 3.14. The van der Waals surface area contributed by atoms with Gasteiger partial charge in [-0.25, -0.2) is 0 Å². The van der Waals surface area contributed by atoms with Crippen LogP contribution in [0.15, 0.2) is 48.5 Å². The highest BCUT2D eigenvalue weighted by Gasteiger charge is 2.19. The Hall–Kier alpha value is -1.80. The predicted molar refractivity (Wildman–Crippen MR) is 82.0 cm³/mol. The van der Waals surface area contributed by atoms with Gasteiger partial charge >= 0.3 is 0 Å². The van der Waals surface area contributed by atoms with Gasteiger partial charge < -0.3 is 10.5 Å². The third kappa shape index (κ3) is 3.02. The highest BCUT2D eigenvalue weighted by molar-refractivity contribution is 5.35. The van der Waals surface area contributed by atoms with Crippen LogP contribution < -0.4 is 10.5 Å². The summed E-state index contributed by atoms with van der Waals surface area (Å²) in [6, 6.07) is 17.1. The molecule has 0 aliphatic carbocycles. The molecule has 1 heterocycles. The number of hydrogen-bond acceptors (Lipinski definition) is 2. The molecule has 0 radical (unpaired) electrons. The zero-order valence-electron chi connectivity index (χ0n) is 11.7. The fourth-order valence-electron chi connectivity index (χ4n) is 2.93. The van der Waals surface area contributed by atoms with E-state index < -0.39 is 0 Å². The second-order valence-electron chi connectivity index (χ2n) is 5.55. The summed E-state index contributed by atoms with van der Waals surface area (Å²) in [4.78, 5) is 0. The average molecular weight is 267 g/mol. The van der Waals surface area contributed by atoms with Crippen molar-refractivity contribution in [1.29, 1.82) is 0 Å². The smallest absolute Gasteiger partial charge is 0.122 e. The standard InChI is InChI=1S/C18H21NO/c19-9-8-14-4-3-5-15(10-14)11-16-12-17-6-1-2-7-18(17)20-13-16/h1-7,10,16H,8-9,11-13,19H2/t16-/m0/s1. The van der Waals surface area contributed by atoms with E-state index in [-0.39, 0.29) is 0 Å². The van der Waals surface area contributed by atoms with Crippen molar-refractivity contribution < 1.29 is 4.74 Å². The highest BCUT2D eigenvalue weighted by Crippen LogP contribution is 2.28. The van der Waals surface area contributed by atoms with E-state index >= 15 is 0 Å². The quantitative estimate of drug-likeness (QED) is 0.924. The molecule has 0 amide bonds. The van der Waals surface area contributed by atoms with Gasteiger partial charge in [0.1, 0.15) is 5.75 Å². The lowest BCUT2D eigenvalue weighted by Crippen LogP contribution is -2.22. The van der Waals surface area contributed by atoms with E-state index in [2.05, 4.69) is 42.5 Å². The molecule has 2 aromatic carbocycles.